The molecule has 0 fully saturated rings. The summed E-state index contributed by atoms with van der Waals surface area (Å²) in [6.45, 7) is 0.876. The van der Waals surface area contributed by atoms with Crippen LogP contribution in [0.1, 0.15) is 10.5 Å². The van der Waals surface area contributed by atoms with E-state index >= 15 is 0 Å². The molecular formula is C12H8ClNO5. The van der Waals surface area contributed by atoms with Crippen molar-refractivity contribution in [1.82, 2.24) is 5.16 Å². The van der Waals surface area contributed by atoms with Gasteiger partial charge in [-0.1, -0.05) is 16.8 Å². The lowest BCUT2D eigenvalue weighted by Gasteiger charge is -2.20. The maximum absolute atomic E-state index is 10.8. The van der Waals surface area contributed by atoms with Gasteiger partial charge in [-0.3, -0.25) is 0 Å². The molecule has 0 atom stereocenters. The minimum atomic E-state index is -1.16. The monoisotopic (exact) mass is 281 g/mol. The van der Waals surface area contributed by atoms with Gasteiger partial charge in [0.05, 0.1) is 5.02 Å². The number of aromatic nitrogens is 1. The number of ether oxygens (including phenoxy) is 2. The molecule has 0 spiro atoms. The molecule has 0 saturated heterocycles. The topological polar surface area (TPSA) is 81.8 Å². The molecule has 3 rings (SSSR count). The summed E-state index contributed by atoms with van der Waals surface area (Å²) in [7, 11) is 0. The number of carboxylic acids is 1. The van der Waals surface area contributed by atoms with E-state index in [-0.39, 0.29) is 11.5 Å². The van der Waals surface area contributed by atoms with Crippen LogP contribution in [0.15, 0.2) is 22.7 Å². The molecule has 1 aromatic carbocycles. The van der Waals surface area contributed by atoms with Gasteiger partial charge in [0.15, 0.2) is 23.0 Å². The molecule has 1 N–H and O–H groups in total. The Hall–Kier alpha value is -2.21. The Morgan fingerprint density at radius 3 is 2.84 bits per heavy atom. The highest BCUT2D eigenvalue weighted by atomic mass is 35.5. The Bertz CT molecular complexity index is 652. The van der Waals surface area contributed by atoms with Crippen molar-refractivity contribution in [2.45, 2.75) is 0 Å². The van der Waals surface area contributed by atoms with Gasteiger partial charge in [-0.15, -0.1) is 0 Å². The highest BCUT2D eigenvalue weighted by molar-refractivity contribution is 6.35. The predicted octanol–water partition coefficient (Wildman–Crippen LogP) is 2.46. The minimum Gasteiger partial charge on any atom is -0.486 e. The van der Waals surface area contributed by atoms with Gasteiger partial charge in [0.25, 0.3) is 0 Å². The van der Waals surface area contributed by atoms with Crippen LogP contribution in [0.2, 0.25) is 5.02 Å². The SMILES string of the molecule is O=C(O)c1cc(-c2ccc3c(c2Cl)OCCO3)on1. The second kappa shape index (κ2) is 4.47. The van der Waals surface area contributed by atoms with E-state index in [0.717, 1.165) is 0 Å². The zero-order valence-electron chi connectivity index (χ0n) is 9.55. The lowest BCUT2D eigenvalue weighted by atomic mass is 10.1. The van der Waals surface area contributed by atoms with Gasteiger partial charge in [0, 0.05) is 11.6 Å². The number of carbonyl (C=O) groups is 1. The molecule has 0 radical (unpaired) electrons. The van der Waals surface area contributed by atoms with Crippen LogP contribution in [0.25, 0.3) is 11.3 Å². The third-order valence-electron chi connectivity index (χ3n) is 2.64. The van der Waals surface area contributed by atoms with Crippen LogP contribution in [0, 0.1) is 0 Å². The van der Waals surface area contributed by atoms with Gasteiger partial charge in [-0.2, -0.15) is 0 Å². The number of rotatable bonds is 2. The predicted molar refractivity (Wildman–Crippen MR) is 64.9 cm³/mol. The fourth-order valence-corrected chi connectivity index (χ4v) is 2.08. The van der Waals surface area contributed by atoms with Crippen LogP contribution in [-0.4, -0.2) is 29.4 Å². The van der Waals surface area contributed by atoms with Gasteiger partial charge in [0.1, 0.15) is 13.2 Å². The number of aromatic carboxylic acids is 1. The largest absolute Gasteiger partial charge is 0.486 e. The molecule has 2 heterocycles. The number of nitrogens with zero attached hydrogens (tertiary/aromatic N) is 1. The van der Waals surface area contributed by atoms with Gasteiger partial charge in [-0.25, -0.2) is 4.79 Å². The summed E-state index contributed by atoms with van der Waals surface area (Å²) in [6, 6.07) is 4.67. The third kappa shape index (κ3) is 2.00. The zero-order valence-corrected chi connectivity index (χ0v) is 10.3. The maximum Gasteiger partial charge on any atom is 0.358 e. The van der Waals surface area contributed by atoms with Gasteiger partial charge in [-0.05, 0) is 12.1 Å². The molecule has 1 aliphatic heterocycles. The average Bonchev–Trinajstić information content (AvgIpc) is 2.89. The highest BCUT2D eigenvalue weighted by Gasteiger charge is 2.21. The number of hydrogen-bond donors (Lipinski definition) is 1. The number of benzene rings is 1. The molecule has 0 aliphatic carbocycles. The Morgan fingerprint density at radius 1 is 1.32 bits per heavy atom. The van der Waals surface area contributed by atoms with Gasteiger partial charge in [0.2, 0.25) is 0 Å². The standard InChI is InChI=1S/C12H8ClNO5/c13-10-6(9-5-7(12(15)16)14-19-9)1-2-8-11(10)18-4-3-17-8/h1-2,5H,3-4H2,(H,15,16). The van der Waals surface area contributed by atoms with Crippen LogP contribution >= 0.6 is 11.6 Å². The van der Waals surface area contributed by atoms with Crippen LogP contribution in [-0.2, 0) is 0 Å². The molecule has 1 aromatic heterocycles. The molecule has 7 heteroatoms. The summed E-state index contributed by atoms with van der Waals surface area (Å²) >= 11 is 6.21. The molecule has 98 valence electrons. The van der Waals surface area contributed by atoms with E-state index in [4.69, 9.17) is 30.7 Å². The number of hydrogen-bond acceptors (Lipinski definition) is 5. The second-order valence-electron chi connectivity index (χ2n) is 3.83. The molecule has 0 saturated carbocycles. The summed E-state index contributed by atoms with van der Waals surface area (Å²) in [5.41, 5.74) is 0.326. The second-order valence-corrected chi connectivity index (χ2v) is 4.21. The van der Waals surface area contributed by atoms with Crippen molar-refractivity contribution in [3.8, 4) is 22.8 Å². The van der Waals surface area contributed by atoms with Crippen molar-refractivity contribution in [3.05, 3.63) is 28.9 Å². The first kappa shape index (κ1) is 11.9. The van der Waals surface area contributed by atoms with Crippen molar-refractivity contribution >= 4 is 17.6 Å². The summed E-state index contributed by atoms with van der Waals surface area (Å²) in [5.74, 6) is 0.0831. The van der Waals surface area contributed by atoms with Gasteiger partial charge < -0.3 is 19.1 Å². The molecule has 19 heavy (non-hydrogen) atoms. The quantitative estimate of drug-likeness (QED) is 0.910. The first-order valence-corrected chi connectivity index (χ1v) is 5.83. The third-order valence-corrected chi connectivity index (χ3v) is 3.02. The minimum absolute atomic E-state index is 0.180. The van der Waals surface area contributed by atoms with Crippen molar-refractivity contribution in [1.29, 1.82) is 0 Å². The van der Waals surface area contributed by atoms with E-state index in [0.29, 0.717) is 35.3 Å². The Morgan fingerprint density at radius 2 is 2.11 bits per heavy atom. The van der Waals surface area contributed by atoms with Crippen LogP contribution < -0.4 is 9.47 Å². The van der Waals surface area contributed by atoms with Crippen LogP contribution in [0.5, 0.6) is 11.5 Å². The van der Waals surface area contributed by atoms with E-state index in [9.17, 15) is 4.79 Å². The summed E-state index contributed by atoms with van der Waals surface area (Å²) in [5, 5.41) is 12.6. The Labute approximate surface area is 112 Å². The molecule has 0 amide bonds. The van der Waals surface area contributed by atoms with Crippen molar-refractivity contribution in [2.75, 3.05) is 13.2 Å². The van der Waals surface area contributed by atoms with E-state index in [1.165, 1.54) is 6.07 Å². The number of halogens is 1. The summed E-state index contributed by atoms with van der Waals surface area (Å²) < 4.78 is 15.8. The first-order valence-electron chi connectivity index (χ1n) is 5.45. The number of fused-ring (bicyclic) bond motifs is 1. The molecular weight excluding hydrogens is 274 g/mol. The average molecular weight is 282 g/mol. The highest BCUT2D eigenvalue weighted by Crippen LogP contribution is 2.43. The van der Waals surface area contributed by atoms with E-state index in [2.05, 4.69) is 5.16 Å². The molecule has 0 unspecified atom stereocenters. The van der Waals surface area contributed by atoms with E-state index in [1.54, 1.807) is 12.1 Å². The van der Waals surface area contributed by atoms with Crippen molar-refractivity contribution in [2.24, 2.45) is 0 Å². The van der Waals surface area contributed by atoms with Crippen LogP contribution in [0.4, 0.5) is 0 Å². The normalized spacial score (nSPS) is 13.3. The lowest BCUT2D eigenvalue weighted by Crippen LogP contribution is -2.15. The zero-order chi connectivity index (χ0) is 13.4. The molecule has 6 nitrogen and oxygen atoms in total. The molecule has 1 aliphatic rings. The molecule has 0 bridgehead atoms. The van der Waals surface area contributed by atoms with E-state index in [1.807, 2.05) is 0 Å². The van der Waals surface area contributed by atoms with Crippen molar-refractivity contribution in [3.63, 3.8) is 0 Å². The smallest absolute Gasteiger partial charge is 0.358 e. The molecule has 2 aromatic rings. The Kier molecular flexibility index (Phi) is 2.79. The summed E-state index contributed by atoms with van der Waals surface area (Å²) in [4.78, 5) is 10.8. The lowest BCUT2D eigenvalue weighted by molar-refractivity contribution is 0.0686. The fourth-order valence-electron chi connectivity index (χ4n) is 1.78. The van der Waals surface area contributed by atoms with Gasteiger partial charge >= 0.3 is 5.97 Å². The first-order chi connectivity index (χ1) is 9.16. The van der Waals surface area contributed by atoms with Crippen molar-refractivity contribution < 1.29 is 23.9 Å². The fraction of sp³-hybridized carbons (Fsp3) is 0.167. The van der Waals surface area contributed by atoms with Crippen LogP contribution in [0.3, 0.4) is 0 Å². The Balaban J connectivity index is 2.07. The summed E-state index contributed by atoms with van der Waals surface area (Å²) in [6.07, 6.45) is 0. The van der Waals surface area contributed by atoms with E-state index < -0.39 is 5.97 Å². The number of carboxylic acid groups (broad SMARTS) is 1. The maximum atomic E-state index is 10.8.